The van der Waals surface area contributed by atoms with Crippen LogP contribution in [-0.4, -0.2) is 18.4 Å². The Kier molecular flexibility index (Phi) is 5.92. The first-order valence-corrected chi connectivity index (χ1v) is 8.07. The van der Waals surface area contributed by atoms with Crippen LogP contribution in [0.3, 0.4) is 0 Å². The molecule has 8 heteroatoms. The number of amides is 2. The summed E-state index contributed by atoms with van der Waals surface area (Å²) in [5.41, 5.74) is -0.281. The number of benzene rings is 2. The summed E-state index contributed by atoms with van der Waals surface area (Å²) in [5, 5.41) is 1.91. The van der Waals surface area contributed by atoms with Crippen LogP contribution in [0.25, 0.3) is 0 Å². The predicted octanol–water partition coefficient (Wildman–Crippen LogP) is 4.66. The molecule has 0 aromatic heterocycles. The molecule has 0 fully saturated rings. The van der Waals surface area contributed by atoms with Crippen molar-refractivity contribution >= 4 is 34.8 Å². The molecule has 0 aliphatic heterocycles. The van der Waals surface area contributed by atoms with Crippen molar-refractivity contribution in [3.8, 4) is 0 Å². The number of nitrogens with zero attached hydrogens (tertiary/aromatic N) is 1. The van der Waals surface area contributed by atoms with Crippen LogP contribution in [0.2, 0.25) is 5.02 Å². The Labute approximate surface area is 153 Å². The maximum absolute atomic E-state index is 13.1. The predicted molar refractivity (Wildman–Crippen MR) is 94.3 cm³/mol. The second-order valence-electron chi connectivity index (χ2n) is 5.53. The first kappa shape index (κ1) is 19.8. The first-order chi connectivity index (χ1) is 12.1. The van der Waals surface area contributed by atoms with E-state index in [1.165, 1.54) is 11.0 Å². The standard InChI is InChI=1S/C18H16ClF3N2O2/c1-3-24(13-6-4-5-11(2)9-13)17(26)16(25)23-15-8-7-12(19)10-14(15)18(20,21)22/h4-10H,3H2,1-2H3,(H,23,25). The lowest BCUT2D eigenvalue weighted by Crippen LogP contribution is -2.40. The fourth-order valence-electron chi connectivity index (χ4n) is 2.40. The molecular formula is C18H16ClF3N2O2. The zero-order valence-electron chi connectivity index (χ0n) is 14.0. The molecular weight excluding hydrogens is 369 g/mol. The quantitative estimate of drug-likeness (QED) is 0.782. The van der Waals surface area contributed by atoms with E-state index in [1.807, 2.05) is 18.3 Å². The van der Waals surface area contributed by atoms with Gasteiger partial charge in [0.2, 0.25) is 0 Å². The number of nitrogens with one attached hydrogen (secondary N) is 1. The second-order valence-corrected chi connectivity index (χ2v) is 5.97. The summed E-state index contributed by atoms with van der Waals surface area (Å²) in [6.45, 7) is 3.67. The molecule has 4 nitrogen and oxygen atoms in total. The van der Waals surface area contributed by atoms with Gasteiger partial charge in [-0.25, -0.2) is 0 Å². The van der Waals surface area contributed by atoms with E-state index in [-0.39, 0.29) is 11.6 Å². The molecule has 0 aliphatic rings. The van der Waals surface area contributed by atoms with Crippen LogP contribution in [0.15, 0.2) is 42.5 Å². The molecule has 2 aromatic rings. The Bertz CT molecular complexity index is 837. The molecule has 138 valence electrons. The van der Waals surface area contributed by atoms with Crippen LogP contribution < -0.4 is 10.2 Å². The van der Waals surface area contributed by atoms with Gasteiger partial charge in [0.1, 0.15) is 0 Å². The Balaban J connectivity index is 2.28. The fourth-order valence-corrected chi connectivity index (χ4v) is 2.57. The molecule has 26 heavy (non-hydrogen) atoms. The van der Waals surface area contributed by atoms with Crippen molar-refractivity contribution < 1.29 is 22.8 Å². The number of hydrogen-bond acceptors (Lipinski definition) is 2. The number of rotatable bonds is 3. The average Bonchev–Trinajstić information content (AvgIpc) is 2.56. The van der Waals surface area contributed by atoms with Gasteiger partial charge in [-0.2, -0.15) is 13.2 Å². The van der Waals surface area contributed by atoms with Gasteiger partial charge in [0.15, 0.2) is 0 Å². The third-order valence-electron chi connectivity index (χ3n) is 3.60. The van der Waals surface area contributed by atoms with Crippen LogP contribution >= 0.6 is 11.6 Å². The van der Waals surface area contributed by atoms with Gasteiger partial charge >= 0.3 is 18.0 Å². The second kappa shape index (κ2) is 7.78. The van der Waals surface area contributed by atoms with E-state index in [9.17, 15) is 22.8 Å². The average molecular weight is 385 g/mol. The van der Waals surface area contributed by atoms with E-state index < -0.39 is 29.2 Å². The largest absolute Gasteiger partial charge is 0.418 e. The third kappa shape index (κ3) is 4.54. The summed E-state index contributed by atoms with van der Waals surface area (Å²) in [4.78, 5) is 25.8. The molecule has 2 rings (SSSR count). The Morgan fingerprint density at radius 3 is 2.42 bits per heavy atom. The first-order valence-electron chi connectivity index (χ1n) is 7.69. The lowest BCUT2D eigenvalue weighted by molar-refractivity contribution is -0.137. The minimum Gasteiger partial charge on any atom is -0.317 e. The van der Waals surface area contributed by atoms with Gasteiger partial charge in [0, 0.05) is 17.3 Å². The molecule has 0 atom stereocenters. The number of hydrogen-bond donors (Lipinski definition) is 1. The molecule has 1 N–H and O–H groups in total. The van der Waals surface area contributed by atoms with Gasteiger partial charge in [-0.15, -0.1) is 0 Å². The molecule has 0 saturated heterocycles. The van der Waals surface area contributed by atoms with Crippen LogP contribution in [0.5, 0.6) is 0 Å². The molecule has 0 aliphatic carbocycles. The number of aryl methyl sites for hydroxylation is 1. The lowest BCUT2D eigenvalue weighted by atomic mass is 10.1. The van der Waals surface area contributed by atoms with Crippen LogP contribution in [-0.2, 0) is 15.8 Å². The lowest BCUT2D eigenvalue weighted by Gasteiger charge is -2.21. The normalized spacial score (nSPS) is 11.2. The van der Waals surface area contributed by atoms with Gasteiger partial charge in [-0.05, 0) is 49.7 Å². The fraction of sp³-hybridized carbons (Fsp3) is 0.222. The monoisotopic (exact) mass is 384 g/mol. The maximum Gasteiger partial charge on any atom is 0.418 e. The van der Waals surface area contributed by atoms with Crippen LogP contribution in [0, 0.1) is 6.92 Å². The van der Waals surface area contributed by atoms with E-state index in [1.54, 1.807) is 25.1 Å². The summed E-state index contributed by atoms with van der Waals surface area (Å²) in [6, 6.07) is 9.81. The molecule has 2 amide bonds. The van der Waals surface area contributed by atoms with Crippen LogP contribution in [0.4, 0.5) is 24.5 Å². The zero-order chi connectivity index (χ0) is 19.5. The number of carbonyl (C=O) groups is 2. The molecule has 0 radical (unpaired) electrons. The number of carbonyl (C=O) groups excluding carboxylic acids is 2. The van der Waals surface area contributed by atoms with E-state index in [2.05, 4.69) is 0 Å². The van der Waals surface area contributed by atoms with Crippen molar-refractivity contribution in [2.75, 3.05) is 16.8 Å². The minimum atomic E-state index is -4.72. The molecule has 0 spiro atoms. The minimum absolute atomic E-state index is 0.128. The molecule has 2 aromatic carbocycles. The summed E-state index contributed by atoms with van der Waals surface area (Å²) >= 11 is 5.60. The molecule has 0 saturated carbocycles. The highest BCUT2D eigenvalue weighted by Crippen LogP contribution is 2.36. The van der Waals surface area contributed by atoms with Gasteiger partial charge in [0.25, 0.3) is 0 Å². The highest BCUT2D eigenvalue weighted by molar-refractivity contribution is 6.44. The number of anilines is 2. The third-order valence-corrected chi connectivity index (χ3v) is 3.84. The van der Waals surface area contributed by atoms with E-state index in [0.29, 0.717) is 11.8 Å². The van der Waals surface area contributed by atoms with Crippen molar-refractivity contribution in [1.29, 1.82) is 0 Å². The SMILES string of the molecule is CCN(C(=O)C(=O)Nc1ccc(Cl)cc1C(F)(F)F)c1cccc(C)c1. The number of alkyl halides is 3. The van der Waals surface area contributed by atoms with Crippen molar-refractivity contribution in [3.63, 3.8) is 0 Å². The van der Waals surface area contributed by atoms with E-state index >= 15 is 0 Å². The summed E-state index contributed by atoms with van der Waals surface area (Å²) < 4.78 is 39.3. The van der Waals surface area contributed by atoms with Gasteiger partial charge in [-0.1, -0.05) is 23.7 Å². The maximum atomic E-state index is 13.1. The Hall–Kier alpha value is -2.54. The van der Waals surface area contributed by atoms with E-state index in [4.69, 9.17) is 11.6 Å². The van der Waals surface area contributed by atoms with Crippen molar-refractivity contribution in [3.05, 3.63) is 58.6 Å². The Morgan fingerprint density at radius 2 is 1.85 bits per heavy atom. The van der Waals surface area contributed by atoms with Crippen molar-refractivity contribution in [1.82, 2.24) is 0 Å². The zero-order valence-corrected chi connectivity index (χ0v) is 14.8. The number of halogens is 4. The molecule has 0 heterocycles. The highest BCUT2D eigenvalue weighted by Gasteiger charge is 2.35. The van der Waals surface area contributed by atoms with Gasteiger partial charge < -0.3 is 10.2 Å². The van der Waals surface area contributed by atoms with Crippen molar-refractivity contribution in [2.24, 2.45) is 0 Å². The van der Waals surface area contributed by atoms with Gasteiger partial charge in [-0.3, -0.25) is 9.59 Å². The molecule has 0 unspecified atom stereocenters. The molecule has 0 bridgehead atoms. The van der Waals surface area contributed by atoms with Crippen LogP contribution in [0.1, 0.15) is 18.1 Å². The smallest absolute Gasteiger partial charge is 0.317 e. The highest BCUT2D eigenvalue weighted by atomic mass is 35.5. The van der Waals surface area contributed by atoms with E-state index in [0.717, 1.165) is 11.6 Å². The topological polar surface area (TPSA) is 49.4 Å². The number of likely N-dealkylation sites (N-methyl/N-ethyl adjacent to an activating group) is 1. The van der Waals surface area contributed by atoms with Gasteiger partial charge in [0.05, 0.1) is 11.3 Å². The summed E-state index contributed by atoms with van der Waals surface area (Å²) in [5.74, 6) is -2.12. The Morgan fingerprint density at radius 1 is 1.15 bits per heavy atom. The summed E-state index contributed by atoms with van der Waals surface area (Å²) in [7, 11) is 0. The van der Waals surface area contributed by atoms with Crippen molar-refractivity contribution in [2.45, 2.75) is 20.0 Å². The summed E-state index contributed by atoms with van der Waals surface area (Å²) in [6.07, 6.45) is -4.72.